The third-order valence-electron chi connectivity index (χ3n) is 4.02. The van der Waals surface area contributed by atoms with Gasteiger partial charge in [-0.2, -0.15) is 0 Å². The monoisotopic (exact) mass is 306 g/mol. The fraction of sp³-hybridized carbons (Fsp3) is 0.588. The molecule has 1 fully saturated rings. The summed E-state index contributed by atoms with van der Waals surface area (Å²) in [5.41, 5.74) is 2.00. The molecule has 1 heterocycles. The van der Waals surface area contributed by atoms with Gasteiger partial charge in [0.2, 0.25) is 5.91 Å². The molecule has 0 saturated carbocycles. The number of carbonyl (C=O) groups excluding carboxylic acids is 1. The Morgan fingerprint density at radius 2 is 2.18 bits per heavy atom. The van der Waals surface area contributed by atoms with Crippen LogP contribution in [0.1, 0.15) is 25.3 Å². The summed E-state index contributed by atoms with van der Waals surface area (Å²) < 4.78 is 5.10. The smallest absolute Gasteiger partial charge is 0.250 e. The molecule has 0 radical (unpaired) electrons. The second kappa shape index (κ2) is 8.88. The average Bonchev–Trinajstić information content (AvgIpc) is 2.54. The minimum absolute atomic E-state index is 0.0927. The van der Waals surface area contributed by atoms with Crippen molar-refractivity contribution in [3.8, 4) is 0 Å². The Bertz CT molecular complexity index is 471. The Morgan fingerprint density at radius 1 is 1.41 bits per heavy atom. The van der Waals surface area contributed by atoms with Gasteiger partial charge in [0.05, 0.1) is 0 Å². The predicted molar refractivity (Wildman–Crippen MR) is 86.7 cm³/mol. The maximum atomic E-state index is 11.7. The number of hydrogen-bond acceptors (Lipinski definition) is 4. The lowest BCUT2D eigenvalue weighted by Gasteiger charge is -2.31. The highest BCUT2D eigenvalue weighted by Crippen LogP contribution is 2.19. The molecular weight excluding hydrogens is 280 g/mol. The van der Waals surface area contributed by atoms with Gasteiger partial charge < -0.3 is 15.2 Å². The molecular formula is C17H26N2O3. The van der Waals surface area contributed by atoms with Crippen molar-refractivity contribution >= 4 is 11.6 Å². The summed E-state index contributed by atoms with van der Waals surface area (Å²) >= 11 is 0. The number of benzene rings is 1. The number of nitrogens with one attached hydrogen (secondary N) is 1. The van der Waals surface area contributed by atoms with Crippen LogP contribution in [-0.2, 0) is 16.1 Å². The Balaban J connectivity index is 1.85. The minimum atomic E-state index is -0.122. The van der Waals surface area contributed by atoms with Crippen molar-refractivity contribution in [1.82, 2.24) is 4.90 Å². The summed E-state index contributed by atoms with van der Waals surface area (Å²) in [6, 6.07) is 7.95. The van der Waals surface area contributed by atoms with Crippen molar-refractivity contribution in [3.63, 3.8) is 0 Å². The number of likely N-dealkylation sites (tertiary alicyclic amines) is 1. The topological polar surface area (TPSA) is 61.8 Å². The van der Waals surface area contributed by atoms with Gasteiger partial charge in [-0.15, -0.1) is 0 Å². The highest BCUT2D eigenvalue weighted by molar-refractivity contribution is 5.91. The molecule has 0 aromatic heterocycles. The van der Waals surface area contributed by atoms with Gasteiger partial charge in [-0.05, 0) is 56.5 Å². The quantitative estimate of drug-likeness (QED) is 0.807. The molecule has 5 heteroatoms. The largest absolute Gasteiger partial charge is 0.396 e. The van der Waals surface area contributed by atoms with E-state index in [1.165, 1.54) is 5.56 Å². The molecule has 0 unspecified atom stereocenters. The Labute approximate surface area is 132 Å². The number of hydrogen-bond donors (Lipinski definition) is 2. The SMILES string of the molecule is CCOCC(=O)Nc1cccc(CN2CCC(CO)CC2)c1. The van der Waals surface area contributed by atoms with E-state index in [0.717, 1.165) is 38.2 Å². The van der Waals surface area contributed by atoms with E-state index in [1.807, 2.05) is 25.1 Å². The van der Waals surface area contributed by atoms with E-state index in [-0.39, 0.29) is 12.5 Å². The second-order valence-corrected chi connectivity index (χ2v) is 5.79. The highest BCUT2D eigenvalue weighted by Gasteiger charge is 2.18. The third-order valence-corrected chi connectivity index (χ3v) is 4.02. The second-order valence-electron chi connectivity index (χ2n) is 5.79. The van der Waals surface area contributed by atoms with Gasteiger partial charge in [0.15, 0.2) is 0 Å². The number of nitrogens with zero attached hydrogens (tertiary/aromatic N) is 1. The molecule has 0 atom stereocenters. The normalized spacial score (nSPS) is 16.6. The first-order chi connectivity index (χ1) is 10.7. The number of ether oxygens (including phenoxy) is 1. The molecule has 0 aliphatic carbocycles. The van der Waals surface area contributed by atoms with Crippen LogP contribution in [-0.4, -0.2) is 48.8 Å². The van der Waals surface area contributed by atoms with E-state index in [0.29, 0.717) is 19.1 Å². The van der Waals surface area contributed by atoms with Crippen LogP contribution in [0, 0.1) is 5.92 Å². The zero-order valence-corrected chi connectivity index (χ0v) is 13.3. The molecule has 1 aliphatic heterocycles. The molecule has 22 heavy (non-hydrogen) atoms. The zero-order chi connectivity index (χ0) is 15.8. The molecule has 1 aliphatic rings. The van der Waals surface area contributed by atoms with Crippen molar-refractivity contribution in [2.75, 3.05) is 38.2 Å². The van der Waals surface area contributed by atoms with Crippen molar-refractivity contribution < 1.29 is 14.6 Å². The third kappa shape index (κ3) is 5.40. The van der Waals surface area contributed by atoms with Crippen LogP contribution in [0.5, 0.6) is 0 Å². The Kier molecular flexibility index (Phi) is 6.83. The first-order valence-corrected chi connectivity index (χ1v) is 8.01. The van der Waals surface area contributed by atoms with E-state index in [2.05, 4.69) is 16.3 Å². The number of aliphatic hydroxyl groups excluding tert-OH is 1. The number of amides is 1. The number of rotatable bonds is 7. The van der Waals surface area contributed by atoms with Gasteiger partial charge in [-0.3, -0.25) is 9.69 Å². The van der Waals surface area contributed by atoms with E-state index in [4.69, 9.17) is 4.74 Å². The van der Waals surface area contributed by atoms with E-state index < -0.39 is 0 Å². The number of aliphatic hydroxyl groups is 1. The lowest BCUT2D eigenvalue weighted by Crippen LogP contribution is -2.34. The summed E-state index contributed by atoms with van der Waals surface area (Å²) in [7, 11) is 0. The van der Waals surface area contributed by atoms with Crippen molar-refractivity contribution in [1.29, 1.82) is 0 Å². The van der Waals surface area contributed by atoms with Gasteiger partial charge in [0, 0.05) is 25.4 Å². The zero-order valence-electron chi connectivity index (χ0n) is 13.3. The average molecular weight is 306 g/mol. The summed E-state index contributed by atoms with van der Waals surface area (Å²) in [5.74, 6) is 0.336. The van der Waals surface area contributed by atoms with Crippen LogP contribution < -0.4 is 5.32 Å². The lowest BCUT2D eigenvalue weighted by molar-refractivity contribution is -0.120. The summed E-state index contributed by atoms with van der Waals surface area (Å²) in [4.78, 5) is 14.1. The van der Waals surface area contributed by atoms with Crippen molar-refractivity contribution in [2.24, 2.45) is 5.92 Å². The molecule has 1 saturated heterocycles. The Hall–Kier alpha value is -1.43. The molecule has 1 aromatic carbocycles. The molecule has 2 rings (SSSR count). The molecule has 0 spiro atoms. The lowest BCUT2D eigenvalue weighted by atomic mass is 9.97. The van der Waals surface area contributed by atoms with E-state index >= 15 is 0 Å². The first kappa shape index (κ1) is 16.9. The minimum Gasteiger partial charge on any atom is -0.396 e. The molecule has 0 bridgehead atoms. The number of carbonyl (C=O) groups is 1. The van der Waals surface area contributed by atoms with Crippen LogP contribution >= 0.6 is 0 Å². The number of piperidine rings is 1. The fourth-order valence-electron chi connectivity index (χ4n) is 2.72. The first-order valence-electron chi connectivity index (χ1n) is 8.01. The number of anilines is 1. The van der Waals surface area contributed by atoms with Crippen LogP contribution in [0.2, 0.25) is 0 Å². The van der Waals surface area contributed by atoms with Crippen LogP contribution in [0.3, 0.4) is 0 Å². The molecule has 122 valence electrons. The maximum absolute atomic E-state index is 11.7. The molecule has 1 aromatic rings. The Morgan fingerprint density at radius 3 is 2.86 bits per heavy atom. The van der Waals surface area contributed by atoms with Gasteiger partial charge in [-0.25, -0.2) is 0 Å². The van der Waals surface area contributed by atoms with Crippen LogP contribution in [0.25, 0.3) is 0 Å². The standard InChI is InChI=1S/C17H26N2O3/c1-2-22-13-17(21)18-16-5-3-4-15(10-16)11-19-8-6-14(12-20)7-9-19/h3-5,10,14,20H,2,6-9,11-13H2,1H3,(H,18,21). The fourth-order valence-corrected chi connectivity index (χ4v) is 2.72. The van der Waals surface area contributed by atoms with Crippen LogP contribution in [0.15, 0.2) is 24.3 Å². The van der Waals surface area contributed by atoms with E-state index in [1.54, 1.807) is 0 Å². The predicted octanol–water partition coefficient (Wildman–Crippen LogP) is 1.87. The van der Waals surface area contributed by atoms with E-state index in [9.17, 15) is 9.90 Å². The molecule has 1 amide bonds. The van der Waals surface area contributed by atoms with Gasteiger partial charge in [0.1, 0.15) is 6.61 Å². The highest BCUT2D eigenvalue weighted by atomic mass is 16.5. The summed E-state index contributed by atoms with van der Waals surface area (Å²) in [6.45, 7) is 5.72. The van der Waals surface area contributed by atoms with Crippen molar-refractivity contribution in [2.45, 2.75) is 26.3 Å². The summed E-state index contributed by atoms with van der Waals surface area (Å²) in [6.07, 6.45) is 2.11. The molecule has 2 N–H and O–H groups in total. The van der Waals surface area contributed by atoms with Gasteiger partial charge in [-0.1, -0.05) is 12.1 Å². The van der Waals surface area contributed by atoms with Gasteiger partial charge >= 0.3 is 0 Å². The van der Waals surface area contributed by atoms with Crippen LogP contribution in [0.4, 0.5) is 5.69 Å². The van der Waals surface area contributed by atoms with Gasteiger partial charge in [0.25, 0.3) is 0 Å². The summed E-state index contributed by atoms with van der Waals surface area (Å²) in [5, 5.41) is 12.0. The van der Waals surface area contributed by atoms with Crippen molar-refractivity contribution in [3.05, 3.63) is 29.8 Å². The maximum Gasteiger partial charge on any atom is 0.250 e. The molecule has 5 nitrogen and oxygen atoms in total.